The van der Waals surface area contributed by atoms with Crippen molar-refractivity contribution in [3.63, 3.8) is 0 Å². The average Bonchev–Trinajstić information content (AvgIpc) is 3.24. The lowest BCUT2D eigenvalue weighted by molar-refractivity contribution is 0.0955. The van der Waals surface area contributed by atoms with Crippen LogP contribution in [0.1, 0.15) is 10.4 Å². The first kappa shape index (κ1) is 20.7. The smallest absolute Gasteiger partial charge is 0.251 e. The van der Waals surface area contributed by atoms with E-state index in [2.05, 4.69) is 15.0 Å². The van der Waals surface area contributed by atoms with Gasteiger partial charge in [-0.3, -0.25) is 4.79 Å². The molecule has 0 spiro atoms. The van der Waals surface area contributed by atoms with Crippen LogP contribution in [-0.4, -0.2) is 37.6 Å². The van der Waals surface area contributed by atoms with Crippen molar-refractivity contribution in [1.29, 1.82) is 0 Å². The molecule has 1 aromatic heterocycles. The molecular formula is C24H23N3O3S. The van der Waals surface area contributed by atoms with Gasteiger partial charge < -0.3 is 20.1 Å². The topological polar surface area (TPSA) is 72.5 Å². The summed E-state index contributed by atoms with van der Waals surface area (Å²) in [6.07, 6.45) is 0. The van der Waals surface area contributed by atoms with Crippen molar-refractivity contribution in [2.75, 3.05) is 32.6 Å². The fourth-order valence-corrected chi connectivity index (χ4v) is 4.06. The number of fused-ring (bicyclic) bond motifs is 1. The molecule has 0 aliphatic rings. The molecule has 6 nitrogen and oxygen atoms in total. The lowest BCUT2D eigenvalue weighted by Crippen LogP contribution is -2.28. The highest BCUT2D eigenvalue weighted by atomic mass is 32.1. The summed E-state index contributed by atoms with van der Waals surface area (Å²) in [4.78, 5) is 12.5. The third kappa shape index (κ3) is 4.62. The van der Waals surface area contributed by atoms with Gasteiger partial charge >= 0.3 is 0 Å². The molecule has 4 rings (SSSR count). The summed E-state index contributed by atoms with van der Waals surface area (Å²) in [5.74, 6) is 2.10. The van der Waals surface area contributed by atoms with Crippen LogP contribution >= 0.6 is 11.5 Å². The van der Waals surface area contributed by atoms with Gasteiger partial charge in [-0.25, -0.2) is 0 Å². The van der Waals surface area contributed by atoms with Gasteiger partial charge in [-0.15, -0.1) is 0 Å². The maximum Gasteiger partial charge on any atom is 0.251 e. The Balaban J connectivity index is 1.33. The molecule has 31 heavy (non-hydrogen) atoms. The Hall–Kier alpha value is -3.58. The Bertz CT molecular complexity index is 1190. The first-order valence-corrected chi connectivity index (χ1v) is 10.7. The van der Waals surface area contributed by atoms with Crippen molar-refractivity contribution in [2.45, 2.75) is 0 Å². The minimum absolute atomic E-state index is 0.108. The highest BCUT2D eigenvalue weighted by Crippen LogP contribution is 2.32. The summed E-state index contributed by atoms with van der Waals surface area (Å²) >= 11 is 1.46. The third-order valence-corrected chi connectivity index (χ3v) is 5.77. The fraction of sp³-hybridized carbons (Fsp3) is 0.167. The van der Waals surface area contributed by atoms with E-state index in [0.717, 1.165) is 27.0 Å². The number of hydrogen-bond donors (Lipinski definition) is 2. The molecule has 0 aliphatic heterocycles. The molecule has 0 saturated carbocycles. The van der Waals surface area contributed by atoms with Gasteiger partial charge in [-0.2, -0.15) is 4.37 Å². The van der Waals surface area contributed by atoms with E-state index in [1.54, 1.807) is 14.2 Å². The summed E-state index contributed by atoms with van der Waals surface area (Å²) in [5, 5.41) is 7.33. The lowest BCUT2D eigenvalue weighted by atomic mass is 10.0. The number of hydrogen-bond acceptors (Lipinski definition) is 6. The molecule has 0 saturated heterocycles. The van der Waals surface area contributed by atoms with Crippen LogP contribution in [0.2, 0.25) is 0 Å². The van der Waals surface area contributed by atoms with Crippen LogP contribution in [0, 0.1) is 0 Å². The van der Waals surface area contributed by atoms with Crippen LogP contribution < -0.4 is 20.1 Å². The van der Waals surface area contributed by atoms with E-state index in [-0.39, 0.29) is 5.91 Å². The van der Waals surface area contributed by atoms with Crippen LogP contribution in [0.4, 0.5) is 5.82 Å². The summed E-state index contributed by atoms with van der Waals surface area (Å²) in [6.45, 7) is 1.10. The van der Waals surface area contributed by atoms with Crippen LogP contribution in [0.25, 0.3) is 21.2 Å². The SMILES string of the molecule is COc1ccc(-c2ccc(C(=O)NCCNc3nsc4ccccc34)cc2)cc1OC. The predicted octanol–water partition coefficient (Wildman–Crippen LogP) is 4.82. The summed E-state index contributed by atoms with van der Waals surface area (Å²) in [5.41, 5.74) is 2.60. The normalized spacial score (nSPS) is 10.6. The molecule has 0 fully saturated rings. The monoisotopic (exact) mass is 433 g/mol. The van der Waals surface area contributed by atoms with Crippen molar-refractivity contribution in [3.8, 4) is 22.6 Å². The molecule has 0 aliphatic carbocycles. The number of methoxy groups -OCH3 is 2. The van der Waals surface area contributed by atoms with E-state index in [9.17, 15) is 4.79 Å². The van der Waals surface area contributed by atoms with Crippen LogP contribution in [0.5, 0.6) is 11.5 Å². The number of rotatable bonds is 8. The number of anilines is 1. The highest BCUT2D eigenvalue weighted by Gasteiger charge is 2.09. The van der Waals surface area contributed by atoms with Crippen LogP contribution in [0.15, 0.2) is 66.7 Å². The van der Waals surface area contributed by atoms with Gasteiger partial charge in [0.25, 0.3) is 5.91 Å². The van der Waals surface area contributed by atoms with Crippen LogP contribution in [-0.2, 0) is 0 Å². The van der Waals surface area contributed by atoms with Crippen molar-refractivity contribution in [2.24, 2.45) is 0 Å². The fourth-order valence-electron chi connectivity index (χ4n) is 3.30. The second kappa shape index (κ2) is 9.49. The minimum Gasteiger partial charge on any atom is -0.493 e. The molecule has 0 bridgehead atoms. The summed E-state index contributed by atoms with van der Waals surface area (Å²) < 4.78 is 16.2. The van der Waals surface area contributed by atoms with E-state index in [4.69, 9.17) is 9.47 Å². The van der Waals surface area contributed by atoms with E-state index in [0.29, 0.717) is 30.2 Å². The van der Waals surface area contributed by atoms with Gasteiger partial charge in [0.2, 0.25) is 0 Å². The quantitative estimate of drug-likeness (QED) is 0.390. The lowest BCUT2D eigenvalue weighted by Gasteiger charge is -2.10. The Morgan fingerprint density at radius 1 is 0.903 bits per heavy atom. The number of amides is 1. The second-order valence-electron chi connectivity index (χ2n) is 6.86. The maximum atomic E-state index is 12.5. The van der Waals surface area contributed by atoms with Crippen molar-refractivity contribution >= 4 is 33.3 Å². The number of carbonyl (C=O) groups is 1. The van der Waals surface area contributed by atoms with Crippen molar-refractivity contribution in [1.82, 2.24) is 9.69 Å². The molecule has 0 radical (unpaired) electrons. The summed E-state index contributed by atoms with van der Waals surface area (Å²) in [7, 11) is 3.22. The van der Waals surface area contributed by atoms with Crippen molar-refractivity contribution < 1.29 is 14.3 Å². The first-order valence-electron chi connectivity index (χ1n) is 9.88. The molecule has 158 valence electrons. The Morgan fingerprint density at radius 2 is 1.65 bits per heavy atom. The first-order chi connectivity index (χ1) is 15.2. The van der Waals surface area contributed by atoms with Gasteiger partial charge in [0, 0.05) is 24.0 Å². The molecule has 4 aromatic rings. The number of carbonyl (C=O) groups excluding carboxylic acids is 1. The predicted molar refractivity (Wildman–Crippen MR) is 125 cm³/mol. The number of benzene rings is 3. The number of ether oxygens (including phenoxy) is 2. The molecule has 2 N–H and O–H groups in total. The zero-order valence-electron chi connectivity index (χ0n) is 17.3. The standard InChI is InChI=1S/C24H23N3O3S/c1-29-20-12-11-18(15-21(20)30-2)16-7-9-17(10-8-16)24(28)26-14-13-25-23-19-5-3-4-6-22(19)31-27-23/h3-12,15H,13-14H2,1-2H3,(H,25,27)(H,26,28). The van der Waals surface area contributed by atoms with E-state index >= 15 is 0 Å². The second-order valence-corrected chi connectivity index (χ2v) is 7.66. The zero-order valence-corrected chi connectivity index (χ0v) is 18.2. The molecule has 1 heterocycles. The van der Waals surface area contributed by atoms with Gasteiger partial charge in [0.15, 0.2) is 11.5 Å². The molecule has 1 amide bonds. The van der Waals surface area contributed by atoms with Gasteiger partial charge in [-0.1, -0.05) is 30.3 Å². The Labute approximate surface area is 185 Å². The van der Waals surface area contributed by atoms with Crippen LogP contribution in [0.3, 0.4) is 0 Å². The number of nitrogens with one attached hydrogen (secondary N) is 2. The van der Waals surface area contributed by atoms with E-state index in [1.807, 2.05) is 66.7 Å². The summed E-state index contributed by atoms with van der Waals surface area (Å²) in [6, 6.07) is 21.3. The molecule has 0 atom stereocenters. The zero-order chi connectivity index (χ0) is 21.6. The number of nitrogens with zero attached hydrogens (tertiary/aromatic N) is 1. The average molecular weight is 434 g/mol. The minimum atomic E-state index is -0.108. The molecule has 0 unspecified atom stereocenters. The third-order valence-electron chi connectivity index (χ3n) is 4.94. The van der Waals surface area contributed by atoms with Gasteiger partial charge in [0.1, 0.15) is 5.82 Å². The van der Waals surface area contributed by atoms with Gasteiger partial charge in [0.05, 0.1) is 18.9 Å². The highest BCUT2D eigenvalue weighted by molar-refractivity contribution is 7.13. The Morgan fingerprint density at radius 3 is 2.42 bits per heavy atom. The molecule has 7 heteroatoms. The molecular weight excluding hydrogens is 410 g/mol. The maximum absolute atomic E-state index is 12.5. The van der Waals surface area contributed by atoms with E-state index in [1.165, 1.54) is 11.5 Å². The van der Waals surface area contributed by atoms with Crippen molar-refractivity contribution in [3.05, 3.63) is 72.3 Å². The van der Waals surface area contributed by atoms with Gasteiger partial charge in [-0.05, 0) is 59.1 Å². The molecule has 3 aromatic carbocycles. The number of aromatic nitrogens is 1. The largest absolute Gasteiger partial charge is 0.493 e. The van der Waals surface area contributed by atoms with E-state index < -0.39 is 0 Å². The Kier molecular flexibility index (Phi) is 6.33.